The van der Waals surface area contributed by atoms with E-state index < -0.39 is 27.6 Å². The highest BCUT2D eigenvalue weighted by molar-refractivity contribution is 7.93. The zero-order valence-corrected chi connectivity index (χ0v) is 24.0. The minimum absolute atomic E-state index is 0.00219. The quantitative estimate of drug-likeness (QED) is 0.263. The molecule has 1 heterocycles. The second kappa shape index (κ2) is 11.0. The van der Waals surface area contributed by atoms with Crippen LogP contribution in [-0.2, 0) is 25.2 Å². The van der Waals surface area contributed by atoms with E-state index in [0.717, 1.165) is 0 Å². The highest BCUT2D eigenvalue weighted by atomic mass is 35.5. The first kappa shape index (κ1) is 28.3. The summed E-state index contributed by atoms with van der Waals surface area (Å²) in [6, 6.07) is 22.8. The average molecular weight is 613 g/mol. The summed E-state index contributed by atoms with van der Waals surface area (Å²) in [5.74, 6) is -0.832. The Morgan fingerprint density at radius 1 is 0.854 bits per heavy atom. The monoisotopic (exact) mass is 612 g/mol. The Kier molecular flexibility index (Phi) is 7.56. The number of carbonyl (C=O) groups excluding carboxylic acids is 2. The lowest BCUT2D eigenvalue weighted by Crippen LogP contribution is -2.47. The van der Waals surface area contributed by atoms with Crippen molar-refractivity contribution in [2.45, 2.75) is 10.5 Å². The Bertz CT molecular complexity index is 1770. The maximum Gasteiger partial charge on any atom is 0.413 e. The first-order chi connectivity index (χ1) is 19.6. The molecule has 0 aromatic heterocycles. The number of sulfonamides is 1. The fourth-order valence-electron chi connectivity index (χ4n) is 4.62. The lowest BCUT2D eigenvalue weighted by Gasteiger charge is -2.30. The van der Waals surface area contributed by atoms with Gasteiger partial charge in [-0.2, -0.15) is 4.31 Å². The number of para-hydroxylation sites is 1. The average Bonchev–Trinajstić information content (AvgIpc) is 3.21. The third-order valence-electron chi connectivity index (χ3n) is 6.45. The number of carbonyl (C=O) groups is 2. The number of hydrogen-bond acceptors (Lipinski definition) is 7. The molecular weight excluding hydrogens is 591 g/mol. The Morgan fingerprint density at radius 2 is 1.56 bits per heavy atom. The van der Waals surface area contributed by atoms with Crippen LogP contribution in [0.25, 0.3) is 0 Å². The van der Waals surface area contributed by atoms with Crippen molar-refractivity contribution >= 4 is 56.6 Å². The summed E-state index contributed by atoms with van der Waals surface area (Å²) < 4.78 is 45.4. The SMILES string of the molecule is COc1ccc(S(=O)(=O)N2C(=O)C(OC(=O)Nc3ccccc3)(c3ccccc3Cl)c3cc(Cl)ccc32)c(OC)c1. The van der Waals surface area contributed by atoms with Gasteiger partial charge in [0.2, 0.25) is 5.60 Å². The maximum atomic E-state index is 14.6. The molecule has 1 aliphatic rings. The fraction of sp³-hybridized carbons (Fsp3) is 0.103. The van der Waals surface area contributed by atoms with Gasteiger partial charge in [0.15, 0.2) is 0 Å². The van der Waals surface area contributed by atoms with Crippen LogP contribution in [0.15, 0.2) is 95.9 Å². The van der Waals surface area contributed by atoms with Gasteiger partial charge in [-0.05, 0) is 48.5 Å². The molecule has 210 valence electrons. The van der Waals surface area contributed by atoms with Crippen molar-refractivity contribution in [1.29, 1.82) is 0 Å². The van der Waals surface area contributed by atoms with E-state index in [-0.39, 0.29) is 37.5 Å². The van der Waals surface area contributed by atoms with Crippen molar-refractivity contribution in [2.75, 3.05) is 23.8 Å². The van der Waals surface area contributed by atoms with Crippen molar-refractivity contribution in [3.8, 4) is 11.5 Å². The van der Waals surface area contributed by atoms with Crippen molar-refractivity contribution in [3.05, 3.63) is 112 Å². The molecule has 1 N–H and O–H groups in total. The largest absolute Gasteiger partial charge is 0.497 e. The van der Waals surface area contributed by atoms with Crippen molar-refractivity contribution in [1.82, 2.24) is 0 Å². The molecule has 1 unspecified atom stereocenters. The molecule has 4 aromatic carbocycles. The summed E-state index contributed by atoms with van der Waals surface area (Å²) >= 11 is 12.9. The van der Waals surface area contributed by atoms with Crippen LogP contribution >= 0.6 is 23.2 Å². The lowest BCUT2D eigenvalue weighted by molar-refractivity contribution is -0.131. The summed E-state index contributed by atoms with van der Waals surface area (Å²) in [5, 5.41) is 2.80. The summed E-state index contributed by atoms with van der Waals surface area (Å²) in [5.41, 5.74) is -1.98. The van der Waals surface area contributed by atoms with Gasteiger partial charge in [-0.15, -0.1) is 0 Å². The topological polar surface area (TPSA) is 111 Å². The minimum atomic E-state index is -4.66. The number of amides is 2. The molecule has 0 spiro atoms. The van der Waals surface area contributed by atoms with Gasteiger partial charge in [0, 0.05) is 32.9 Å². The van der Waals surface area contributed by atoms with Crippen LogP contribution < -0.4 is 19.1 Å². The predicted molar refractivity (Wildman–Crippen MR) is 154 cm³/mol. The number of methoxy groups -OCH3 is 2. The highest BCUT2D eigenvalue weighted by Gasteiger charge is 2.60. The summed E-state index contributed by atoms with van der Waals surface area (Å²) in [6.07, 6.45) is -1.03. The number of benzene rings is 4. The molecule has 1 atom stereocenters. The third-order valence-corrected chi connectivity index (χ3v) is 8.75. The lowest BCUT2D eigenvalue weighted by atomic mass is 9.87. The molecular formula is C29H22Cl2N2O7S. The molecule has 12 heteroatoms. The summed E-state index contributed by atoms with van der Waals surface area (Å²) in [7, 11) is -1.95. The fourth-order valence-corrected chi connectivity index (χ4v) is 6.66. The smallest absolute Gasteiger partial charge is 0.413 e. The molecule has 4 aromatic rings. The number of halogens is 2. The van der Waals surface area contributed by atoms with E-state index >= 15 is 0 Å². The van der Waals surface area contributed by atoms with E-state index in [0.29, 0.717) is 15.7 Å². The number of nitrogens with zero attached hydrogens (tertiary/aromatic N) is 1. The zero-order chi connectivity index (χ0) is 29.4. The van der Waals surface area contributed by atoms with Gasteiger partial charge >= 0.3 is 6.09 Å². The van der Waals surface area contributed by atoms with E-state index in [9.17, 15) is 18.0 Å². The molecule has 0 saturated carbocycles. The number of rotatable bonds is 7. The molecule has 2 amide bonds. The van der Waals surface area contributed by atoms with Gasteiger partial charge in [0.1, 0.15) is 16.4 Å². The van der Waals surface area contributed by atoms with Crippen LogP contribution in [0.5, 0.6) is 11.5 Å². The molecule has 0 saturated heterocycles. The Hall–Kier alpha value is -4.25. The molecule has 5 rings (SSSR count). The number of nitrogens with one attached hydrogen (secondary N) is 1. The van der Waals surface area contributed by atoms with Gasteiger partial charge < -0.3 is 14.2 Å². The van der Waals surface area contributed by atoms with Gasteiger partial charge in [-0.25, -0.2) is 13.2 Å². The van der Waals surface area contributed by atoms with Crippen molar-refractivity contribution in [3.63, 3.8) is 0 Å². The first-order valence-corrected chi connectivity index (χ1v) is 14.2. The standard InChI is InChI=1S/C29H22Cl2N2O7S/c1-38-20-13-15-26(25(17-20)39-2)41(36,37)33-24-14-12-18(30)16-22(24)29(27(33)34,21-10-6-7-11-23(21)31)40-28(35)32-19-8-4-3-5-9-19/h3-17H,1-2H3,(H,32,35). The van der Waals surface area contributed by atoms with Crippen LogP contribution in [0.2, 0.25) is 10.0 Å². The summed E-state index contributed by atoms with van der Waals surface area (Å²) in [6.45, 7) is 0. The van der Waals surface area contributed by atoms with E-state index in [1.807, 2.05) is 0 Å². The number of fused-ring (bicyclic) bond motifs is 1. The van der Waals surface area contributed by atoms with Gasteiger partial charge in [0.05, 0.1) is 19.9 Å². The number of hydrogen-bond donors (Lipinski definition) is 1. The van der Waals surface area contributed by atoms with Gasteiger partial charge in [-0.3, -0.25) is 10.1 Å². The molecule has 0 aliphatic carbocycles. The normalized spacial score (nSPS) is 16.2. The Morgan fingerprint density at radius 3 is 2.24 bits per heavy atom. The van der Waals surface area contributed by atoms with Gasteiger partial charge in [0.25, 0.3) is 15.9 Å². The molecule has 41 heavy (non-hydrogen) atoms. The number of anilines is 2. The maximum absolute atomic E-state index is 14.6. The third kappa shape index (κ3) is 4.84. The first-order valence-electron chi connectivity index (χ1n) is 12.1. The Labute approximate surface area is 246 Å². The number of ether oxygens (including phenoxy) is 3. The van der Waals surface area contributed by atoms with Crippen LogP contribution in [0.3, 0.4) is 0 Å². The van der Waals surface area contributed by atoms with E-state index in [2.05, 4.69) is 5.32 Å². The second-order valence-corrected chi connectivity index (χ2v) is 11.4. The van der Waals surface area contributed by atoms with E-state index in [4.69, 9.17) is 37.4 Å². The second-order valence-electron chi connectivity index (χ2n) is 8.79. The zero-order valence-electron chi connectivity index (χ0n) is 21.6. The van der Waals surface area contributed by atoms with E-state index in [1.165, 1.54) is 62.8 Å². The van der Waals surface area contributed by atoms with E-state index in [1.54, 1.807) is 42.5 Å². The van der Waals surface area contributed by atoms with Crippen LogP contribution in [-0.4, -0.2) is 34.6 Å². The van der Waals surface area contributed by atoms with Crippen molar-refractivity contribution in [2.24, 2.45) is 0 Å². The molecule has 0 radical (unpaired) electrons. The van der Waals surface area contributed by atoms with Crippen LogP contribution in [0.1, 0.15) is 11.1 Å². The predicted octanol–water partition coefficient (Wildman–Crippen LogP) is 6.24. The highest BCUT2D eigenvalue weighted by Crippen LogP contribution is 2.52. The van der Waals surface area contributed by atoms with Crippen LogP contribution in [0, 0.1) is 0 Å². The molecule has 0 fully saturated rings. The summed E-state index contributed by atoms with van der Waals surface area (Å²) in [4.78, 5) is 27.6. The molecule has 0 bridgehead atoms. The Balaban J connectivity index is 1.73. The molecule has 9 nitrogen and oxygen atoms in total. The van der Waals surface area contributed by atoms with Crippen LogP contribution in [0.4, 0.5) is 16.2 Å². The molecule has 1 aliphatic heterocycles. The van der Waals surface area contributed by atoms with Crippen molar-refractivity contribution < 1.29 is 32.2 Å². The minimum Gasteiger partial charge on any atom is -0.497 e. The van der Waals surface area contributed by atoms with Gasteiger partial charge in [-0.1, -0.05) is 59.6 Å².